The van der Waals surface area contributed by atoms with Crippen molar-refractivity contribution < 1.29 is 4.79 Å². The van der Waals surface area contributed by atoms with E-state index in [2.05, 4.69) is 38.2 Å². The molecular weight excluding hydrogens is 424 g/mol. The number of para-hydroxylation sites is 2. The van der Waals surface area contributed by atoms with E-state index in [9.17, 15) is 9.70 Å². The summed E-state index contributed by atoms with van der Waals surface area (Å²) in [6.45, 7) is 2.14. The Morgan fingerprint density at radius 2 is 1.47 bits per heavy atom. The molecule has 1 fully saturated rings. The number of amides is 1. The molecule has 1 aliphatic rings. The number of aromatic amines is 1. The van der Waals surface area contributed by atoms with E-state index in [4.69, 9.17) is 0 Å². The number of hydrogen-bond donors (Lipinski definition) is 1. The lowest BCUT2D eigenvalue weighted by atomic mass is 9.95. The van der Waals surface area contributed by atoms with E-state index in [1.807, 2.05) is 72.8 Å². The molecule has 6 heteroatoms. The molecule has 0 unspecified atom stereocenters. The second-order valence-corrected chi connectivity index (χ2v) is 8.51. The molecule has 0 atom stereocenters. The lowest BCUT2D eigenvalue weighted by Crippen LogP contribution is -2.27. The van der Waals surface area contributed by atoms with Crippen molar-refractivity contribution in [3.63, 3.8) is 0 Å². The van der Waals surface area contributed by atoms with E-state index in [0.717, 1.165) is 51.9 Å². The largest absolute Gasteiger partial charge is 0.354 e. The summed E-state index contributed by atoms with van der Waals surface area (Å²) in [5, 5.41) is 4.79. The predicted octanol–water partition coefficient (Wildman–Crippen LogP) is 6.18. The smallest absolute Gasteiger partial charge is 0.321 e. The van der Waals surface area contributed by atoms with Crippen LogP contribution in [0.1, 0.15) is 10.4 Å². The molecule has 0 spiro atoms. The maximum Gasteiger partial charge on any atom is 0.321 e. The van der Waals surface area contributed by atoms with Gasteiger partial charge in [-0.05, 0) is 29.8 Å². The minimum absolute atomic E-state index is 0.331. The fourth-order valence-corrected chi connectivity index (χ4v) is 5.02. The van der Waals surface area contributed by atoms with Crippen molar-refractivity contribution in [2.24, 2.45) is 5.18 Å². The van der Waals surface area contributed by atoms with Gasteiger partial charge in [-0.2, -0.15) is 0 Å². The summed E-state index contributed by atoms with van der Waals surface area (Å²) in [6, 6.07) is 30.3. The highest BCUT2D eigenvalue weighted by Crippen LogP contribution is 2.42. The molecule has 1 N–H and O–H groups in total. The van der Waals surface area contributed by atoms with E-state index in [1.54, 1.807) is 0 Å². The molecule has 2 heterocycles. The molecule has 0 aliphatic carbocycles. The molecule has 1 aromatic heterocycles. The zero-order chi connectivity index (χ0) is 23.1. The van der Waals surface area contributed by atoms with Crippen LogP contribution in [0.15, 0.2) is 96.2 Å². The zero-order valence-corrected chi connectivity index (χ0v) is 18.4. The molecule has 0 bridgehead atoms. The van der Waals surface area contributed by atoms with E-state index in [1.165, 1.54) is 0 Å². The molecule has 1 amide bonds. The minimum atomic E-state index is -0.762. The first-order valence-corrected chi connectivity index (χ1v) is 11.3. The summed E-state index contributed by atoms with van der Waals surface area (Å²) >= 11 is 0. The van der Waals surface area contributed by atoms with Crippen molar-refractivity contribution in [1.82, 2.24) is 4.98 Å². The highest BCUT2D eigenvalue weighted by molar-refractivity contribution is 6.20. The monoisotopic (exact) mass is 446 g/mol. The van der Waals surface area contributed by atoms with Crippen molar-refractivity contribution in [3.8, 4) is 11.1 Å². The van der Waals surface area contributed by atoms with E-state index in [-0.39, 0.29) is 0 Å². The van der Waals surface area contributed by atoms with Gasteiger partial charge < -0.3 is 14.8 Å². The molecule has 5 aromatic rings. The SMILES string of the molecule is O=NC(=O)c1c(N2CCN(c3ccccc3)C2)c(-c2ccccc2)cc2c1[nH]c1ccccc12. The summed E-state index contributed by atoms with van der Waals surface area (Å²) in [6.07, 6.45) is 0. The normalized spacial score (nSPS) is 13.6. The van der Waals surface area contributed by atoms with Crippen LogP contribution in [0.4, 0.5) is 11.4 Å². The highest BCUT2D eigenvalue weighted by atomic mass is 16.3. The van der Waals surface area contributed by atoms with Gasteiger partial charge in [0.05, 0.1) is 23.4 Å². The zero-order valence-electron chi connectivity index (χ0n) is 18.4. The second kappa shape index (κ2) is 8.15. The maximum absolute atomic E-state index is 13.1. The minimum Gasteiger partial charge on any atom is -0.354 e. The molecule has 1 saturated heterocycles. The van der Waals surface area contributed by atoms with Gasteiger partial charge >= 0.3 is 5.91 Å². The van der Waals surface area contributed by atoms with Crippen molar-refractivity contribution >= 4 is 39.1 Å². The van der Waals surface area contributed by atoms with Crippen LogP contribution < -0.4 is 9.80 Å². The Morgan fingerprint density at radius 1 is 0.794 bits per heavy atom. The molecule has 4 aromatic carbocycles. The van der Waals surface area contributed by atoms with Crippen LogP contribution in [0.25, 0.3) is 32.9 Å². The molecule has 166 valence electrons. The average Bonchev–Trinajstić information content (AvgIpc) is 3.53. The third-order valence-corrected chi connectivity index (χ3v) is 6.58. The number of carbonyl (C=O) groups is 1. The van der Waals surface area contributed by atoms with Gasteiger partial charge in [0.15, 0.2) is 0 Å². The standard InChI is InChI=1S/C28H22N4O2/c33-28(30-34)25-26-23(21-13-7-8-14-24(21)29-26)17-22(19-9-3-1-4-10-19)27(25)32-16-15-31(18-32)20-11-5-2-6-12-20/h1-14,17,29H,15-16,18H2. The fraction of sp³-hybridized carbons (Fsp3) is 0.107. The van der Waals surface area contributed by atoms with Gasteiger partial charge in [-0.15, -0.1) is 4.91 Å². The molecular formula is C28H22N4O2. The summed E-state index contributed by atoms with van der Waals surface area (Å²) in [5.41, 5.74) is 5.67. The number of H-pyrrole nitrogens is 1. The number of anilines is 2. The van der Waals surface area contributed by atoms with Crippen molar-refractivity contribution in [2.45, 2.75) is 0 Å². The topological polar surface area (TPSA) is 68.8 Å². The lowest BCUT2D eigenvalue weighted by Gasteiger charge is -2.26. The van der Waals surface area contributed by atoms with Crippen LogP contribution >= 0.6 is 0 Å². The van der Waals surface area contributed by atoms with Crippen LogP contribution in [0.5, 0.6) is 0 Å². The maximum atomic E-state index is 13.1. The number of hydrogen-bond acceptors (Lipinski definition) is 4. The van der Waals surface area contributed by atoms with Crippen LogP contribution in [0.2, 0.25) is 0 Å². The Morgan fingerprint density at radius 3 is 2.24 bits per heavy atom. The van der Waals surface area contributed by atoms with Crippen molar-refractivity contribution in [3.05, 3.63) is 101 Å². The summed E-state index contributed by atoms with van der Waals surface area (Å²) in [5.74, 6) is -0.762. The number of rotatable bonds is 4. The molecule has 6 nitrogen and oxygen atoms in total. The van der Waals surface area contributed by atoms with Crippen molar-refractivity contribution in [2.75, 3.05) is 29.6 Å². The number of carbonyl (C=O) groups excluding carboxylic acids is 1. The van der Waals surface area contributed by atoms with Gasteiger partial charge in [-0.25, -0.2) is 0 Å². The highest BCUT2D eigenvalue weighted by Gasteiger charge is 2.30. The number of nitroso groups, excluding NO2 is 1. The van der Waals surface area contributed by atoms with Crippen LogP contribution in [-0.4, -0.2) is 30.6 Å². The Labute approximate surface area is 196 Å². The number of benzene rings is 4. The van der Waals surface area contributed by atoms with Crippen LogP contribution in [-0.2, 0) is 0 Å². The van der Waals surface area contributed by atoms with Crippen LogP contribution in [0.3, 0.4) is 0 Å². The second-order valence-electron chi connectivity index (χ2n) is 8.51. The first kappa shape index (κ1) is 20.2. The molecule has 0 radical (unpaired) electrons. The van der Waals surface area contributed by atoms with Gasteiger partial charge in [0, 0.05) is 45.8 Å². The molecule has 6 rings (SSSR count). The van der Waals surface area contributed by atoms with E-state index in [0.29, 0.717) is 17.7 Å². The lowest BCUT2D eigenvalue weighted by molar-refractivity contribution is 0.100. The Balaban J connectivity index is 1.62. The third-order valence-electron chi connectivity index (χ3n) is 6.58. The molecule has 0 saturated carbocycles. The van der Waals surface area contributed by atoms with Gasteiger partial charge in [-0.1, -0.05) is 66.7 Å². The third kappa shape index (κ3) is 3.23. The van der Waals surface area contributed by atoms with Gasteiger partial charge in [0.2, 0.25) is 0 Å². The fourth-order valence-electron chi connectivity index (χ4n) is 5.02. The Kier molecular flexibility index (Phi) is 4.84. The van der Waals surface area contributed by atoms with Crippen LogP contribution in [0, 0.1) is 4.91 Å². The number of nitrogens with zero attached hydrogens (tertiary/aromatic N) is 3. The molecule has 34 heavy (non-hydrogen) atoms. The molecule has 1 aliphatic heterocycles. The first-order valence-electron chi connectivity index (χ1n) is 11.3. The van der Waals surface area contributed by atoms with Gasteiger partial charge in [-0.3, -0.25) is 4.79 Å². The quantitative estimate of drug-likeness (QED) is 0.335. The average molecular weight is 447 g/mol. The van der Waals surface area contributed by atoms with E-state index >= 15 is 0 Å². The Bertz CT molecular complexity index is 1530. The number of aromatic nitrogens is 1. The van der Waals surface area contributed by atoms with Crippen molar-refractivity contribution in [1.29, 1.82) is 0 Å². The Hall–Kier alpha value is -4.45. The number of fused-ring (bicyclic) bond motifs is 3. The van der Waals surface area contributed by atoms with E-state index < -0.39 is 5.91 Å². The van der Waals surface area contributed by atoms with Gasteiger partial charge in [0.1, 0.15) is 0 Å². The number of nitrogens with one attached hydrogen (secondary N) is 1. The predicted molar refractivity (Wildman–Crippen MR) is 137 cm³/mol. The summed E-state index contributed by atoms with van der Waals surface area (Å²) in [4.78, 5) is 32.5. The summed E-state index contributed by atoms with van der Waals surface area (Å²) < 4.78 is 0. The first-order chi connectivity index (χ1) is 16.7. The summed E-state index contributed by atoms with van der Waals surface area (Å²) in [7, 11) is 0. The van der Waals surface area contributed by atoms with Gasteiger partial charge in [0.25, 0.3) is 0 Å².